The summed E-state index contributed by atoms with van der Waals surface area (Å²) in [5, 5.41) is 0. The van der Waals surface area contributed by atoms with Crippen molar-refractivity contribution in [2.75, 3.05) is 27.2 Å². The SMILES string of the molecule is CN(C)[C@H]1CN(Cc2ccccn2)C[C@@H]1C1CC1. The number of aromatic nitrogens is 1. The summed E-state index contributed by atoms with van der Waals surface area (Å²) in [5.41, 5.74) is 1.20. The van der Waals surface area contributed by atoms with Gasteiger partial charge in [0.25, 0.3) is 0 Å². The quantitative estimate of drug-likeness (QED) is 0.807. The first kappa shape index (κ1) is 12.1. The van der Waals surface area contributed by atoms with E-state index in [2.05, 4.69) is 41.0 Å². The summed E-state index contributed by atoms with van der Waals surface area (Å²) >= 11 is 0. The molecule has 3 heteroatoms. The molecule has 1 aromatic heterocycles. The van der Waals surface area contributed by atoms with Gasteiger partial charge in [-0.1, -0.05) is 6.07 Å². The van der Waals surface area contributed by atoms with Gasteiger partial charge in [-0.15, -0.1) is 0 Å². The number of hydrogen-bond acceptors (Lipinski definition) is 3. The molecule has 0 bridgehead atoms. The van der Waals surface area contributed by atoms with E-state index in [1.165, 1.54) is 31.6 Å². The molecule has 3 nitrogen and oxygen atoms in total. The van der Waals surface area contributed by atoms with Crippen molar-refractivity contribution in [1.82, 2.24) is 14.8 Å². The third kappa shape index (κ3) is 2.57. The fraction of sp³-hybridized carbons (Fsp3) is 0.667. The Morgan fingerprint density at radius 3 is 2.72 bits per heavy atom. The Morgan fingerprint density at radius 2 is 2.11 bits per heavy atom. The van der Waals surface area contributed by atoms with Crippen LogP contribution in [0.3, 0.4) is 0 Å². The molecule has 1 aliphatic carbocycles. The van der Waals surface area contributed by atoms with Gasteiger partial charge in [-0.25, -0.2) is 0 Å². The van der Waals surface area contributed by atoms with Gasteiger partial charge >= 0.3 is 0 Å². The summed E-state index contributed by atoms with van der Waals surface area (Å²) in [5.74, 6) is 1.87. The van der Waals surface area contributed by atoms with Crippen LogP contribution in [0.25, 0.3) is 0 Å². The van der Waals surface area contributed by atoms with Crippen molar-refractivity contribution in [2.24, 2.45) is 11.8 Å². The maximum absolute atomic E-state index is 4.44. The lowest BCUT2D eigenvalue weighted by atomic mass is 9.97. The van der Waals surface area contributed by atoms with Crippen molar-refractivity contribution in [1.29, 1.82) is 0 Å². The van der Waals surface area contributed by atoms with E-state index >= 15 is 0 Å². The van der Waals surface area contributed by atoms with E-state index in [-0.39, 0.29) is 0 Å². The number of likely N-dealkylation sites (tertiary alicyclic amines) is 1. The molecule has 0 N–H and O–H groups in total. The predicted molar refractivity (Wildman–Crippen MR) is 73.2 cm³/mol. The molecule has 2 fully saturated rings. The standard InChI is InChI=1S/C15H23N3/c1-17(2)15-11-18(10-14(15)12-6-7-12)9-13-5-3-4-8-16-13/h3-5,8,12,14-15H,6-7,9-11H2,1-2H3/t14-,15+/m1/s1. The summed E-state index contributed by atoms with van der Waals surface area (Å²) in [7, 11) is 4.45. The van der Waals surface area contributed by atoms with Gasteiger partial charge < -0.3 is 4.90 Å². The highest BCUT2D eigenvalue weighted by molar-refractivity contribution is 5.05. The zero-order chi connectivity index (χ0) is 12.5. The van der Waals surface area contributed by atoms with Crippen LogP contribution < -0.4 is 0 Å². The largest absolute Gasteiger partial charge is 0.305 e. The molecule has 18 heavy (non-hydrogen) atoms. The van der Waals surface area contributed by atoms with Crippen molar-refractivity contribution < 1.29 is 0 Å². The first-order valence-corrected chi connectivity index (χ1v) is 7.03. The van der Waals surface area contributed by atoms with Crippen LogP contribution in [-0.4, -0.2) is 48.0 Å². The van der Waals surface area contributed by atoms with Crippen molar-refractivity contribution in [3.8, 4) is 0 Å². The van der Waals surface area contributed by atoms with Gasteiger partial charge in [-0.3, -0.25) is 9.88 Å². The van der Waals surface area contributed by atoms with Crippen LogP contribution in [0.5, 0.6) is 0 Å². The normalized spacial score (nSPS) is 29.1. The van der Waals surface area contributed by atoms with Gasteiger partial charge in [0.1, 0.15) is 0 Å². The monoisotopic (exact) mass is 245 g/mol. The van der Waals surface area contributed by atoms with E-state index in [4.69, 9.17) is 0 Å². The molecule has 0 unspecified atom stereocenters. The fourth-order valence-corrected chi connectivity index (χ4v) is 3.28. The van der Waals surface area contributed by atoms with Gasteiger partial charge in [0.15, 0.2) is 0 Å². The maximum atomic E-state index is 4.44. The van der Waals surface area contributed by atoms with Crippen LogP contribution in [0.1, 0.15) is 18.5 Å². The average molecular weight is 245 g/mol. The summed E-state index contributed by atoms with van der Waals surface area (Å²) in [6.07, 6.45) is 4.80. The van der Waals surface area contributed by atoms with Crippen LogP contribution >= 0.6 is 0 Å². The third-order valence-corrected chi connectivity index (χ3v) is 4.41. The summed E-state index contributed by atoms with van der Waals surface area (Å²) < 4.78 is 0. The highest BCUT2D eigenvalue weighted by atomic mass is 15.2. The number of hydrogen-bond donors (Lipinski definition) is 0. The molecular weight excluding hydrogens is 222 g/mol. The number of nitrogens with zero attached hydrogens (tertiary/aromatic N) is 3. The third-order valence-electron chi connectivity index (χ3n) is 4.41. The van der Waals surface area contributed by atoms with Gasteiger partial charge in [0.05, 0.1) is 5.69 Å². The molecule has 1 saturated carbocycles. The molecule has 0 spiro atoms. The molecule has 0 aromatic carbocycles. The Labute approximate surface area is 110 Å². The van der Waals surface area contributed by atoms with Crippen LogP contribution in [0.4, 0.5) is 0 Å². The number of likely N-dealkylation sites (N-methyl/N-ethyl adjacent to an activating group) is 1. The minimum Gasteiger partial charge on any atom is -0.305 e. The lowest BCUT2D eigenvalue weighted by Gasteiger charge is -2.25. The zero-order valence-electron chi connectivity index (χ0n) is 11.4. The first-order valence-electron chi connectivity index (χ1n) is 7.03. The van der Waals surface area contributed by atoms with Crippen LogP contribution in [0, 0.1) is 11.8 Å². The second-order valence-electron chi connectivity index (χ2n) is 6.05. The van der Waals surface area contributed by atoms with E-state index in [9.17, 15) is 0 Å². The minimum absolute atomic E-state index is 0.737. The molecular formula is C15H23N3. The second kappa shape index (κ2) is 4.98. The summed E-state index contributed by atoms with van der Waals surface area (Å²) in [4.78, 5) is 9.44. The maximum Gasteiger partial charge on any atom is 0.0543 e. The van der Waals surface area contributed by atoms with Crippen molar-refractivity contribution in [3.63, 3.8) is 0 Å². The molecule has 0 radical (unpaired) electrons. The van der Waals surface area contributed by atoms with Gasteiger partial charge in [0, 0.05) is 31.9 Å². The van der Waals surface area contributed by atoms with Gasteiger partial charge in [-0.05, 0) is 50.9 Å². The Kier molecular flexibility index (Phi) is 3.35. The molecule has 1 aromatic rings. The van der Waals surface area contributed by atoms with Gasteiger partial charge in [0.2, 0.25) is 0 Å². The van der Waals surface area contributed by atoms with Crippen LogP contribution in [0.15, 0.2) is 24.4 Å². The molecule has 0 amide bonds. The lowest BCUT2D eigenvalue weighted by molar-refractivity contribution is 0.233. The topological polar surface area (TPSA) is 19.4 Å². The molecule has 2 atom stereocenters. The van der Waals surface area contributed by atoms with Crippen molar-refractivity contribution in [2.45, 2.75) is 25.4 Å². The highest BCUT2D eigenvalue weighted by Gasteiger charge is 2.43. The minimum atomic E-state index is 0.737. The summed E-state index contributed by atoms with van der Waals surface area (Å²) in [6.45, 7) is 3.46. The van der Waals surface area contributed by atoms with E-state index < -0.39 is 0 Å². The highest BCUT2D eigenvalue weighted by Crippen LogP contribution is 2.42. The molecule has 1 saturated heterocycles. The number of rotatable bonds is 4. The van der Waals surface area contributed by atoms with E-state index in [0.29, 0.717) is 0 Å². The Bertz CT molecular complexity index is 376. The average Bonchev–Trinajstić information content (AvgIpc) is 3.12. The fourth-order valence-electron chi connectivity index (χ4n) is 3.28. The Hall–Kier alpha value is -0.930. The smallest absolute Gasteiger partial charge is 0.0543 e. The van der Waals surface area contributed by atoms with Crippen molar-refractivity contribution in [3.05, 3.63) is 30.1 Å². The molecule has 98 valence electrons. The second-order valence-corrected chi connectivity index (χ2v) is 6.05. The van der Waals surface area contributed by atoms with Crippen LogP contribution in [-0.2, 0) is 6.54 Å². The van der Waals surface area contributed by atoms with Crippen molar-refractivity contribution >= 4 is 0 Å². The predicted octanol–water partition coefficient (Wildman–Crippen LogP) is 1.85. The zero-order valence-corrected chi connectivity index (χ0v) is 11.4. The number of pyridine rings is 1. The van der Waals surface area contributed by atoms with Gasteiger partial charge in [-0.2, -0.15) is 0 Å². The Morgan fingerprint density at radius 1 is 1.28 bits per heavy atom. The Balaban J connectivity index is 1.65. The molecule has 1 aliphatic heterocycles. The lowest BCUT2D eigenvalue weighted by Crippen LogP contribution is -2.36. The molecule has 3 rings (SSSR count). The van der Waals surface area contributed by atoms with Crippen LogP contribution in [0.2, 0.25) is 0 Å². The van der Waals surface area contributed by atoms with E-state index in [1.807, 2.05) is 12.3 Å². The van der Waals surface area contributed by atoms with E-state index in [1.54, 1.807) is 0 Å². The molecule has 2 aliphatic rings. The molecule has 2 heterocycles. The van der Waals surface area contributed by atoms with E-state index in [0.717, 1.165) is 24.4 Å². The first-order chi connectivity index (χ1) is 8.74. The summed E-state index contributed by atoms with van der Waals surface area (Å²) in [6, 6.07) is 6.94.